The number of nitrogens with one attached hydrogen (secondary N) is 2. The molecule has 0 radical (unpaired) electrons. The van der Waals surface area contributed by atoms with E-state index in [9.17, 15) is 38.3 Å². The molecule has 0 aromatic heterocycles. The Hall–Kier alpha value is -3.36. The Kier molecular flexibility index (Phi) is 23.4. The average Bonchev–Trinajstić information content (AvgIpc) is 3.91. The number of Topliss-reactive ketones (excluding diaryl/α,β-unsaturated/α-hetero) is 1. The predicted molar refractivity (Wildman–Crippen MR) is 257 cm³/mol. The van der Waals surface area contributed by atoms with Crippen LogP contribution in [-0.2, 0) is 35.0 Å². The summed E-state index contributed by atoms with van der Waals surface area (Å²) >= 11 is 0. The zero-order valence-corrected chi connectivity index (χ0v) is 41.0. The zero-order valence-electron chi connectivity index (χ0n) is 40.1. The molecule has 4 aliphatic heterocycles. The van der Waals surface area contributed by atoms with Gasteiger partial charge in [-0.15, -0.1) is 0 Å². The van der Waals surface area contributed by atoms with Gasteiger partial charge in [0, 0.05) is 83.6 Å². The van der Waals surface area contributed by atoms with Crippen LogP contribution >= 0.6 is 7.82 Å². The second-order valence-electron chi connectivity index (χ2n) is 19.5. The Morgan fingerprint density at radius 1 is 0.742 bits per heavy atom. The molecule has 4 fully saturated rings. The number of piperazine rings is 1. The third kappa shape index (κ3) is 19.0. The van der Waals surface area contributed by atoms with Gasteiger partial charge in [-0.25, -0.2) is 4.57 Å². The fourth-order valence-electron chi connectivity index (χ4n) is 10.4. The van der Waals surface area contributed by atoms with Gasteiger partial charge >= 0.3 is 7.82 Å². The molecular formula is C50H83N6O9P. The average molecular weight is 943 g/mol. The molecule has 16 heteroatoms. The molecule has 0 spiro atoms. The highest BCUT2D eigenvalue weighted by molar-refractivity contribution is 7.46. The maximum absolute atomic E-state index is 14.3. The molecule has 0 saturated carbocycles. The number of unbranched alkanes of at least 4 members (excludes halogenated alkanes) is 13. The highest BCUT2D eigenvalue weighted by Crippen LogP contribution is 2.37. The van der Waals surface area contributed by atoms with E-state index in [0.29, 0.717) is 63.8 Å². The van der Waals surface area contributed by atoms with Gasteiger partial charge < -0.3 is 34.8 Å². The van der Waals surface area contributed by atoms with E-state index in [1.54, 1.807) is 21.9 Å². The molecule has 0 aliphatic carbocycles. The van der Waals surface area contributed by atoms with Crippen molar-refractivity contribution in [3.63, 3.8) is 0 Å². The quantitative estimate of drug-likeness (QED) is 0.0463. The minimum atomic E-state index is -4.76. The van der Waals surface area contributed by atoms with Crippen LogP contribution in [0.1, 0.15) is 167 Å². The van der Waals surface area contributed by atoms with Crippen LogP contribution in [-0.4, -0.2) is 136 Å². The van der Waals surface area contributed by atoms with Crippen LogP contribution in [0.2, 0.25) is 0 Å². The molecule has 4 saturated heterocycles. The second kappa shape index (κ2) is 28.8. The van der Waals surface area contributed by atoms with Gasteiger partial charge in [0.1, 0.15) is 23.6 Å². The van der Waals surface area contributed by atoms with E-state index >= 15 is 0 Å². The maximum atomic E-state index is 14.3. The van der Waals surface area contributed by atoms with E-state index in [2.05, 4.69) is 27.4 Å². The van der Waals surface area contributed by atoms with Gasteiger partial charge in [-0.2, -0.15) is 0 Å². The van der Waals surface area contributed by atoms with Crippen molar-refractivity contribution >= 4 is 37.2 Å². The lowest BCUT2D eigenvalue weighted by Gasteiger charge is -2.35. The van der Waals surface area contributed by atoms with Gasteiger partial charge in [0.2, 0.25) is 23.6 Å². The summed E-state index contributed by atoms with van der Waals surface area (Å²) in [6.07, 6.45) is 24.8. The molecule has 0 bridgehead atoms. The molecule has 4 aliphatic rings. The smallest absolute Gasteiger partial charge is 0.404 e. The van der Waals surface area contributed by atoms with Gasteiger partial charge in [0.05, 0.1) is 0 Å². The molecule has 1 aromatic carbocycles. The van der Waals surface area contributed by atoms with Crippen LogP contribution in [0.25, 0.3) is 0 Å². The number of hydrogen-bond donors (Lipinski definition) is 4. The Morgan fingerprint density at radius 2 is 1.35 bits per heavy atom. The van der Waals surface area contributed by atoms with Crippen LogP contribution in [0.15, 0.2) is 24.3 Å². The van der Waals surface area contributed by atoms with Crippen molar-refractivity contribution in [2.24, 2.45) is 5.92 Å². The molecule has 372 valence electrons. The van der Waals surface area contributed by atoms with Crippen molar-refractivity contribution in [1.82, 2.24) is 30.2 Å². The van der Waals surface area contributed by atoms with Crippen molar-refractivity contribution in [3.8, 4) is 5.75 Å². The molecule has 4 amide bonds. The van der Waals surface area contributed by atoms with Crippen molar-refractivity contribution in [2.75, 3.05) is 58.9 Å². The van der Waals surface area contributed by atoms with Gasteiger partial charge in [0.25, 0.3) is 0 Å². The topological polar surface area (TPSA) is 189 Å². The number of likely N-dealkylation sites (tertiary alicyclic amines) is 1. The van der Waals surface area contributed by atoms with Crippen LogP contribution in [0.5, 0.6) is 5.75 Å². The van der Waals surface area contributed by atoms with E-state index in [4.69, 9.17) is 4.52 Å². The number of carbonyl (C=O) groups is 5. The Balaban J connectivity index is 1.07. The Morgan fingerprint density at radius 3 is 1.95 bits per heavy atom. The lowest BCUT2D eigenvalue weighted by atomic mass is 9.91. The van der Waals surface area contributed by atoms with Crippen LogP contribution in [0.4, 0.5) is 0 Å². The predicted octanol–water partition coefficient (Wildman–Crippen LogP) is 6.92. The second-order valence-corrected chi connectivity index (χ2v) is 20.7. The number of phosphoric ester groups is 1. The first-order valence-electron chi connectivity index (χ1n) is 25.9. The SMILES string of the molecule is CCCCCCCCCCCCCCCCN1CCN(CCC(=O)C[C@@H](Cc2ccc(OP(=O)(O)O)cc2)C(=O)N[C@H]2CCCCC3CC[C@@H](C(=O)NCCN4CCCC4=O)N3C2=O)CC1. The molecule has 1 aromatic rings. The summed E-state index contributed by atoms with van der Waals surface area (Å²) in [5, 5.41) is 5.97. The van der Waals surface area contributed by atoms with E-state index < -0.39 is 31.7 Å². The third-order valence-electron chi connectivity index (χ3n) is 14.3. The number of hydrogen-bond acceptors (Lipinski definition) is 9. The lowest BCUT2D eigenvalue weighted by molar-refractivity contribution is -0.144. The van der Waals surface area contributed by atoms with Crippen LogP contribution in [0.3, 0.4) is 0 Å². The summed E-state index contributed by atoms with van der Waals surface area (Å²) in [6, 6.07) is 4.46. The number of carbonyl (C=O) groups excluding carboxylic acids is 5. The molecule has 4 heterocycles. The summed E-state index contributed by atoms with van der Waals surface area (Å²) in [6.45, 7) is 9.20. The minimum Gasteiger partial charge on any atom is -0.404 e. The summed E-state index contributed by atoms with van der Waals surface area (Å²) in [4.78, 5) is 94.6. The molecule has 5 rings (SSSR count). The Bertz CT molecular complexity index is 1700. The number of phosphoric acid groups is 1. The fraction of sp³-hybridized carbons (Fsp3) is 0.780. The van der Waals surface area contributed by atoms with Crippen molar-refractivity contribution < 1.29 is 42.8 Å². The first-order chi connectivity index (χ1) is 31.9. The molecule has 4 atom stereocenters. The monoisotopic (exact) mass is 943 g/mol. The zero-order chi connectivity index (χ0) is 47.2. The van der Waals surface area contributed by atoms with Gasteiger partial charge in [-0.1, -0.05) is 115 Å². The van der Waals surface area contributed by atoms with E-state index in [1.165, 1.54) is 102 Å². The molecule has 1 unspecified atom stereocenters. The van der Waals surface area contributed by atoms with Crippen LogP contribution < -0.4 is 15.2 Å². The molecular weight excluding hydrogens is 860 g/mol. The molecule has 4 N–H and O–H groups in total. The number of amides is 4. The van der Waals surface area contributed by atoms with Gasteiger partial charge in [-0.3, -0.25) is 33.8 Å². The first kappa shape index (κ1) is 53.6. The number of nitrogens with zero attached hydrogens (tertiary/aromatic N) is 4. The van der Waals surface area contributed by atoms with Crippen LogP contribution in [0, 0.1) is 5.92 Å². The summed E-state index contributed by atoms with van der Waals surface area (Å²) in [5.41, 5.74) is 0.673. The van der Waals surface area contributed by atoms with Gasteiger partial charge in [-0.05, 0) is 69.2 Å². The molecule has 15 nitrogen and oxygen atoms in total. The number of ketones is 1. The van der Waals surface area contributed by atoms with Crippen molar-refractivity contribution in [1.29, 1.82) is 0 Å². The third-order valence-corrected chi connectivity index (χ3v) is 14.7. The summed E-state index contributed by atoms with van der Waals surface area (Å²) in [5.74, 6) is -1.72. The first-order valence-corrected chi connectivity index (χ1v) is 27.4. The number of fused-ring (bicyclic) bond motifs is 1. The molecule has 66 heavy (non-hydrogen) atoms. The summed E-state index contributed by atoms with van der Waals surface area (Å²) in [7, 11) is -4.76. The minimum absolute atomic E-state index is 0.0211. The highest BCUT2D eigenvalue weighted by Gasteiger charge is 2.44. The van der Waals surface area contributed by atoms with E-state index in [1.807, 2.05) is 0 Å². The fourth-order valence-corrected chi connectivity index (χ4v) is 10.8. The largest absolute Gasteiger partial charge is 0.524 e. The maximum Gasteiger partial charge on any atom is 0.524 e. The lowest BCUT2D eigenvalue weighted by Crippen LogP contribution is -2.57. The van der Waals surface area contributed by atoms with Crippen molar-refractivity contribution in [3.05, 3.63) is 29.8 Å². The van der Waals surface area contributed by atoms with E-state index in [0.717, 1.165) is 58.4 Å². The van der Waals surface area contributed by atoms with E-state index in [-0.39, 0.29) is 48.1 Å². The summed E-state index contributed by atoms with van der Waals surface area (Å²) < 4.78 is 16.1. The normalized spacial score (nSPS) is 21.3. The Labute approximate surface area is 395 Å². The number of rotatable bonds is 30. The number of benzene rings is 1. The highest BCUT2D eigenvalue weighted by atomic mass is 31.2. The van der Waals surface area contributed by atoms with Crippen molar-refractivity contribution in [2.45, 2.75) is 186 Å². The van der Waals surface area contributed by atoms with Gasteiger partial charge in [0.15, 0.2) is 0 Å². The standard InChI is InChI=1S/C50H83N6O9P/c1-2-3-4-5-6-7-8-9-10-11-12-13-14-17-30-53-34-36-54(37-35-53)32-28-43(57)39-41(38-40-22-25-44(26-23-40)65-66(62,63)64)48(59)52-45-20-16-15-19-42-24-27-46(56(42)50(45)61)49(60)51-29-33-55-31-18-21-47(55)58/h22-23,25-26,41-42,45-46H,2-21,24,27-39H2,1H3,(H,51,60)(H,52,59)(H2,62,63,64)/t41-,42?,45+,46+/m1/s1.